The van der Waals surface area contributed by atoms with Gasteiger partial charge in [-0.05, 0) is 26.3 Å². The van der Waals surface area contributed by atoms with Gasteiger partial charge in [-0.2, -0.15) is 0 Å². The van der Waals surface area contributed by atoms with Crippen molar-refractivity contribution in [2.45, 2.75) is 26.4 Å². The van der Waals surface area contributed by atoms with Gasteiger partial charge in [0.05, 0.1) is 11.0 Å². The number of halogens is 1. The Bertz CT molecular complexity index is 410. The molecule has 6 heteroatoms. The predicted molar refractivity (Wildman–Crippen MR) is 67.2 cm³/mol. The average Bonchev–Trinajstić information content (AvgIpc) is 2.27. The number of hydrogen-bond acceptors (Lipinski definition) is 4. The van der Waals surface area contributed by atoms with Gasteiger partial charge in [-0.3, -0.25) is 10.1 Å². The molecule has 0 heterocycles. The Morgan fingerprint density at radius 3 is 2.83 bits per heavy atom. The molecule has 1 N–H and O–H groups in total. The predicted octanol–water partition coefficient (Wildman–Crippen LogP) is 2.96. The summed E-state index contributed by atoms with van der Waals surface area (Å²) in [6.07, 6.45) is 0.861. The van der Waals surface area contributed by atoms with Crippen molar-refractivity contribution in [2.24, 2.45) is 0 Å². The Kier molecular flexibility index (Phi) is 5.51. The van der Waals surface area contributed by atoms with E-state index in [0.717, 1.165) is 18.2 Å². The van der Waals surface area contributed by atoms with Crippen molar-refractivity contribution in [1.82, 2.24) is 0 Å². The molecule has 5 nitrogen and oxygen atoms in total. The lowest BCUT2D eigenvalue weighted by Gasteiger charge is -2.09. The van der Waals surface area contributed by atoms with Crippen LogP contribution in [0.4, 0.5) is 15.8 Å². The van der Waals surface area contributed by atoms with Gasteiger partial charge in [0.2, 0.25) is 0 Å². The molecule has 0 aromatic heterocycles. The first-order valence-electron chi connectivity index (χ1n) is 5.80. The van der Waals surface area contributed by atoms with Crippen LogP contribution in [0, 0.1) is 15.9 Å². The number of benzene rings is 1. The third kappa shape index (κ3) is 4.67. The van der Waals surface area contributed by atoms with Crippen molar-refractivity contribution in [1.29, 1.82) is 0 Å². The Morgan fingerprint density at radius 1 is 1.50 bits per heavy atom. The van der Waals surface area contributed by atoms with E-state index in [-0.39, 0.29) is 17.5 Å². The largest absolute Gasteiger partial charge is 0.379 e. The lowest BCUT2D eigenvalue weighted by molar-refractivity contribution is -0.384. The topological polar surface area (TPSA) is 64.4 Å². The summed E-state index contributed by atoms with van der Waals surface area (Å²) in [6.45, 7) is 4.93. The van der Waals surface area contributed by atoms with E-state index in [9.17, 15) is 14.5 Å². The van der Waals surface area contributed by atoms with Gasteiger partial charge in [-0.25, -0.2) is 4.39 Å². The molecule has 1 aromatic rings. The molecule has 1 rings (SSSR count). The lowest BCUT2D eigenvalue weighted by Crippen LogP contribution is -2.10. The molecule has 0 aliphatic heterocycles. The summed E-state index contributed by atoms with van der Waals surface area (Å²) in [5, 5.41) is 13.6. The van der Waals surface area contributed by atoms with Crippen LogP contribution in [0.1, 0.15) is 20.3 Å². The number of nitrogens with one attached hydrogen (secondary N) is 1. The van der Waals surface area contributed by atoms with Gasteiger partial charge in [-0.1, -0.05) is 0 Å². The number of nitro groups is 1. The minimum absolute atomic E-state index is 0.124. The summed E-state index contributed by atoms with van der Waals surface area (Å²) in [5.41, 5.74) is 0.0747. The van der Waals surface area contributed by atoms with Crippen molar-refractivity contribution in [3.05, 3.63) is 34.1 Å². The minimum Gasteiger partial charge on any atom is -0.379 e. The molecule has 0 saturated heterocycles. The molecule has 18 heavy (non-hydrogen) atoms. The quantitative estimate of drug-likeness (QED) is 0.463. The minimum atomic E-state index is -0.535. The molecule has 0 bridgehead atoms. The van der Waals surface area contributed by atoms with Crippen molar-refractivity contribution in [3.8, 4) is 0 Å². The second-order valence-corrected chi connectivity index (χ2v) is 4.12. The highest BCUT2D eigenvalue weighted by molar-refractivity contribution is 5.61. The molecule has 0 unspecified atom stereocenters. The normalized spacial score (nSPS) is 10.7. The summed E-state index contributed by atoms with van der Waals surface area (Å²) in [5.74, 6) is -0.499. The smallest absolute Gasteiger partial charge is 0.292 e. The first-order chi connectivity index (χ1) is 8.50. The van der Waals surface area contributed by atoms with E-state index in [1.165, 1.54) is 0 Å². The average molecular weight is 256 g/mol. The van der Waals surface area contributed by atoms with E-state index < -0.39 is 10.7 Å². The van der Waals surface area contributed by atoms with Gasteiger partial charge < -0.3 is 10.1 Å². The fourth-order valence-corrected chi connectivity index (χ4v) is 1.42. The summed E-state index contributed by atoms with van der Waals surface area (Å²) >= 11 is 0. The third-order valence-electron chi connectivity index (χ3n) is 2.24. The highest BCUT2D eigenvalue weighted by atomic mass is 19.1. The molecule has 1 aromatic carbocycles. The van der Waals surface area contributed by atoms with Crippen LogP contribution in [0.5, 0.6) is 0 Å². The zero-order valence-corrected chi connectivity index (χ0v) is 10.5. The van der Waals surface area contributed by atoms with Crippen LogP contribution < -0.4 is 5.32 Å². The molecule has 0 aliphatic rings. The highest BCUT2D eigenvalue weighted by Gasteiger charge is 2.13. The van der Waals surface area contributed by atoms with Crippen molar-refractivity contribution >= 4 is 11.4 Å². The van der Waals surface area contributed by atoms with Gasteiger partial charge in [0, 0.05) is 25.3 Å². The second kappa shape index (κ2) is 6.90. The first-order valence-corrected chi connectivity index (χ1v) is 5.80. The molecule has 0 atom stereocenters. The molecular formula is C12H17FN2O3. The van der Waals surface area contributed by atoms with E-state index in [1.807, 2.05) is 13.8 Å². The Labute approximate surface area is 105 Å². The number of rotatable bonds is 7. The highest BCUT2D eigenvalue weighted by Crippen LogP contribution is 2.24. The molecular weight excluding hydrogens is 239 g/mol. The molecule has 0 fully saturated rings. The van der Waals surface area contributed by atoms with Crippen molar-refractivity contribution in [3.63, 3.8) is 0 Å². The monoisotopic (exact) mass is 256 g/mol. The van der Waals surface area contributed by atoms with E-state index >= 15 is 0 Å². The van der Waals surface area contributed by atoms with Crippen LogP contribution in [-0.2, 0) is 4.74 Å². The Hall–Kier alpha value is -1.69. The fourth-order valence-electron chi connectivity index (χ4n) is 1.42. The van der Waals surface area contributed by atoms with Crippen LogP contribution in [-0.4, -0.2) is 24.2 Å². The number of anilines is 1. The van der Waals surface area contributed by atoms with Gasteiger partial charge in [0.15, 0.2) is 0 Å². The molecule has 100 valence electrons. The number of ether oxygens (including phenoxy) is 1. The van der Waals surface area contributed by atoms with Gasteiger partial charge in [0.1, 0.15) is 11.5 Å². The second-order valence-electron chi connectivity index (χ2n) is 4.12. The van der Waals surface area contributed by atoms with E-state index in [4.69, 9.17) is 4.74 Å². The van der Waals surface area contributed by atoms with Crippen LogP contribution in [0.3, 0.4) is 0 Å². The van der Waals surface area contributed by atoms with Gasteiger partial charge in [0.25, 0.3) is 5.69 Å². The summed E-state index contributed by atoms with van der Waals surface area (Å²) < 4.78 is 18.3. The van der Waals surface area contributed by atoms with Crippen molar-refractivity contribution < 1.29 is 14.1 Å². The molecule has 0 amide bonds. The Balaban J connectivity index is 2.50. The molecule has 0 aliphatic carbocycles. The zero-order valence-electron chi connectivity index (χ0n) is 10.5. The van der Waals surface area contributed by atoms with E-state index in [1.54, 1.807) is 0 Å². The number of hydrogen-bond donors (Lipinski definition) is 1. The lowest BCUT2D eigenvalue weighted by atomic mass is 10.2. The maximum Gasteiger partial charge on any atom is 0.292 e. The summed E-state index contributed by atoms with van der Waals surface area (Å²) in [7, 11) is 0. The van der Waals surface area contributed by atoms with Crippen LogP contribution in [0.2, 0.25) is 0 Å². The van der Waals surface area contributed by atoms with E-state index in [2.05, 4.69) is 5.32 Å². The van der Waals surface area contributed by atoms with Crippen LogP contribution in [0.25, 0.3) is 0 Å². The number of nitro benzene ring substituents is 1. The molecule has 0 spiro atoms. The standard InChI is InChI=1S/C12H17FN2O3/c1-9(2)18-7-3-6-14-11-8-10(13)4-5-12(11)15(16)17/h4-5,8-9,14H,3,6-7H2,1-2H3. The summed E-state index contributed by atoms with van der Waals surface area (Å²) in [4.78, 5) is 10.2. The van der Waals surface area contributed by atoms with Gasteiger partial charge in [-0.15, -0.1) is 0 Å². The maximum atomic E-state index is 13.0. The summed E-state index contributed by atoms with van der Waals surface area (Å²) in [6, 6.07) is 3.36. The van der Waals surface area contributed by atoms with Crippen molar-refractivity contribution in [2.75, 3.05) is 18.5 Å². The molecule has 0 saturated carbocycles. The van der Waals surface area contributed by atoms with Crippen LogP contribution >= 0.6 is 0 Å². The fraction of sp³-hybridized carbons (Fsp3) is 0.500. The van der Waals surface area contributed by atoms with Gasteiger partial charge >= 0.3 is 0 Å². The maximum absolute atomic E-state index is 13.0. The third-order valence-corrected chi connectivity index (χ3v) is 2.24. The molecule has 0 radical (unpaired) electrons. The van der Waals surface area contributed by atoms with Crippen LogP contribution in [0.15, 0.2) is 18.2 Å². The first kappa shape index (κ1) is 14.4. The number of nitrogens with zero attached hydrogens (tertiary/aromatic N) is 1. The zero-order chi connectivity index (χ0) is 13.5. The van der Waals surface area contributed by atoms with E-state index in [0.29, 0.717) is 19.6 Å². The Morgan fingerprint density at radius 2 is 2.22 bits per heavy atom. The SMILES string of the molecule is CC(C)OCCCNc1cc(F)ccc1[N+](=O)[O-].